The van der Waals surface area contributed by atoms with Gasteiger partial charge in [-0.2, -0.15) is 0 Å². The van der Waals surface area contributed by atoms with E-state index in [2.05, 4.69) is 0 Å². The Balaban J connectivity index is 1.97. The van der Waals surface area contributed by atoms with Gasteiger partial charge in [-0.3, -0.25) is 4.79 Å². The molecule has 1 amide bonds. The summed E-state index contributed by atoms with van der Waals surface area (Å²) in [4.78, 5) is 14.2. The second-order valence-corrected chi connectivity index (χ2v) is 6.69. The highest BCUT2D eigenvalue weighted by atomic mass is 32.2. The van der Waals surface area contributed by atoms with Crippen molar-refractivity contribution in [3.8, 4) is 17.2 Å². The topological polar surface area (TPSA) is 61.1 Å². The SMILES string of the molecule is COc1ccc(C2SCC(=O)N2Cc2ccc(C)o2)c(OC)c1OC. The summed E-state index contributed by atoms with van der Waals surface area (Å²) in [6.45, 7) is 2.31. The van der Waals surface area contributed by atoms with Crippen LogP contribution in [0.5, 0.6) is 17.2 Å². The largest absolute Gasteiger partial charge is 0.493 e. The maximum atomic E-state index is 12.4. The molecular formula is C18H21NO5S. The van der Waals surface area contributed by atoms with Gasteiger partial charge in [-0.05, 0) is 31.2 Å². The summed E-state index contributed by atoms with van der Waals surface area (Å²) in [6.07, 6.45) is 0. The molecule has 3 rings (SSSR count). The Morgan fingerprint density at radius 1 is 1.12 bits per heavy atom. The highest BCUT2D eigenvalue weighted by molar-refractivity contribution is 8.00. The molecule has 2 aromatic rings. The van der Waals surface area contributed by atoms with Crippen molar-refractivity contribution >= 4 is 17.7 Å². The molecule has 1 aliphatic heterocycles. The summed E-state index contributed by atoms with van der Waals surface area (Å²) in [5, 5.41) is -0.173. The third-order valence-electron chi connectivity index (χ3n) is 4.09. The Morgan fingerprint density at radius 2 is 1.88 bits per heavy atom. The Morgan fingerprint density at radius 3 is 2.48 bits per heavy atom. The number of aryl methyl sites for hydroxylation is 1. The average Bonchev–Trinajstić information content (AvgIpc) is 3.19. The van der Waals surface area contributed by atoms with E-state index in [0.29, 0.717) is 29.5 Å². The molecule has 1 saturated heterocycles. The molecule has 0 spiro atoms. The van der Waals surface area contributed by atoms with Gasteiger partial charge in [0.25, 0.3) is 0 Å². The highest BCUT2D eigenvalue weighted by Crippen LogP contribution is 2.49. The first-order chi connectivity index (χ1) is 12.1. The zero-order valence-corrected chi connectivity index (χ0v) is 15.5. The first-order valence-corrected chi connectivity index (χ1v) is 8.89. The fourth-order valence-electron chi connectivity index (χ4n) is 2.94. The number of nitrogens with zero attached hydrogens (tertiary/aromatic N) is 1. The smallest absolute Gasteiger partial charge is 0.234 e. The van der Waals surface area contributed by atoms with Crippen LogP contribution in [0, 0.1) is 6.92 Å². The van der Waals surface area contributed by atoms with Crippen LogP contribution in [0.4, 0.5) is 0 Å². The summed E-state index contributed by atoms with van der Waals surface area (Å²) >= 11 is 1.56. The predicted octanol–water partition coefficient (Wildman–Crippen LogP) is 3.39. The third kappa shape index (κ3) is 3.28. The minimum Gasteiger partial charge on any atom is -0.493 e. The molecule has 1 unspecified atom stereocenters. The van der Waals surface area contributed by atoms with E-state index < -0.39 is 0 Å². The van der Waals surface area contributed by atoms with Crippen molar-refractivity contribution in [1.82, 2.24) is 4.90 Å². The lowest BCUT2D eigenvalue weighted by Gasteiger charge is -2.26. The van der Waals surface area contributed by atoms with Gasteiger partial charge in [0.1, 0.15) is 16.9 Å². The molecule has 0 saturated carbocycles. The monoisotopic (exact) mass is 363 g/mol. The molecule has 0 radical (unpaired) electrons. The number of carbonyl (C=O) groups excluding carboxylic acids is 1. The van der Waals surface area contributed by atoms with E-state index in [9.17, 15) is 4.79 Å². The lowest BCUT2D eigenvalue weighted by molar-refractivity contribution is -0.128. The van der Waals surface area contributed by atoms with Gasteiger partial charge in [0.2, 0.25) is 11.7 Å². The molecule has 0 aliphatic carbocycles. The van der Waals surface area contributed by atoms with E-state index in [1.807, 2.05) is 31.2 Å². The van der Waals surface area contributed by atoms with Gasteiger partial charge in [-0.25, -0.2) is 0 Å². The van der Waals surface area contributed by atoms with Gasteiger partial charge in [0, 0.05) is 5.56 Å². The Bertz CT molecular complexity index is 773. The van der Waals surface area contributed by atoms with E-state index in [0.717, 1.165) is 17.1 Å². The van der Waals surface area contributed by atoms with Crippen molar-refractivity contribution in [2.24, 2.45) is 0 Å². The molecular weight excluding hydrogens is 342 g/mol. The quantitative estimate of drug-likeness (QED) is 0.784. The van der Waals surface area contributed by atoms with Crippen LogP contribution in [0.2, 0.25) is 0 Å². The van der Waals surface area contributed by atoms with E-state index in [1.165, 1.54) is 0 Å². The summed E-state index contributed by atoms with van der Waals surface area (Å²) in [5.41, 5.74) is 0.874. The molecule has 0 bridgehead atoms. The number of furan rings is 1. The molecule has 1 aliphatic rings. The lowest BCUT2D eigenvalue weighted by Crippen LogP contribution is -2.27. The molecule has 1 atom stereocenters. The van der Waals surface area contributed by atoms with Crippen LogP contribution in [0.1, 0.15) is 22.5 Å². The number of hydrogen-bond donors (Lipinski definition) is 0. The standard InChI is InChI=1S/C18H21NO5S/c1-11-5-6-12(24-11)9-19-15(20)10-25-18(19)13-7-8-14(21-2)17(23-4)16(13)22-3/h5-8,18H,9-10H2,1-4H3. The van der Waals surface area contributed by atoms with Crippen LogP contribution in [-0.4, -0.2) is 37.9 Å². The second-order valence-electron chi connectivity index (χ2n) is 5.62. The highest BCUT2D eigenvalue weighted by Gasteiger charge is 2.36. The zero-order chi connectivity index (χ0) is 18.0. The molecule has 134 valence electrons. The van der Waals surface area contributed by atoms with Crippen molar-refractivity contribution in [3.63, 3.8) is 0 Å². The minimum atomic E-state index is -0.173. The van der Waals surface area contributed by atoms with Gasteiger partial charge < -0.3 is 23.5 Å². The van der Waals surface area contributed by atoms with Crippen molar-refractivity contribution in [2.45, 2.75) is 18.8 Å². The summed E-state index contributed by atoms with van der Waals surface area (Å²) in [7, 11) is 4.74. The maximum absolute atomic E-state index is 12.4. The van der Waals surface area contributed by atoms with Crippen LogP contribution < -0.4 is 14.2 Å². The Kier molecular flexibility index (Phi) is 5.13. The van der Waals surface area contributed by atoms with Crippen molar-refractivity contribution in [2.75, 3.05) is 27.1 Å². The third-order valence-corrected chi connectivity index (χ3v) is 5.33. The number of hydrogen-bond acceptors (Lipinski definition) is 6. The van der Waals surface area contributed by atoms with Gasteiger partial charge in [0.05, 0.1) is 33.6 Å². The van der Waals surface area contributed by atoms with E-state index in [4.69, 9.17) is 18.6 Å². The molecule has 2 heterocycles. The molecule has 25 heavy (non-hydrogen) atoms. The van der Waals surface area contributed by atoms with Gasteiger partial charge >= 0.3 is 0 Å². The number of amides is 1. The summed E-state index contributed by atoms with van der Waals surface area (Å²) in [6, 6.07) is 7.54. The molecule has 1 aromatic carbocycles. The average molecular weight is 363 g/mol. The number of benzene rings is 1. The van der Waals surface area contributed by atoms with Gasteiger partial charge in [-0.15, -0.1) is 11.8 Å². The van der Waals surface area contributed by atoms with Crippen LogP contribution in [0.3, 0.4) is 0 Å². The van der Waals surface area contributed by atoms with Crippen molar-refractivity contribution < 1.29 is 23.4 Å². The second kappa shape index (κ2) is 7.31. The summed E-state index contributed by atoms with van der Waals surface area (Å²) < 4.78 is 22.0. The van der Waals surface area contributed by atoms with Crippen molar-refractivity contribution in [3.05, 3.63) is 41.3 Å². The van der Waals surface area contributed by atoms with Gasteiger partial charge in [0.15, 0.2) is 11.5 Å². The van der Waals surface area contributed by atoms with Crippen molar-refractivity contribution in [1.29, 1.82) is 0 Å². The first-order valence-electron chi connectivity index (χ1n) is 7.84. The zero-order valence-electron chi connectivity index (χ0n) is 14.7. The maximum Gasteiger partial charge on any atom is 0.234 e. The van der Waals surface area contributed by atoms with E-state index in [-0.39, 0.29) is 11.3 Å². The Labute approximate surface area is 151 Å². The number of rotatable bonds is 6. The fraction of sp³-hybridized carbons (Fsp3) is 0.389. The van der Waals surface area contributed by atoms with Crippen LogP contribution in [-0.2, 0) is 11.3 Å². The minimum absolute atomic E-state index is 0.0703. The molecule has 6 nitrogen and oxygen atoms in total. The molecule has 7 heteroatoms. The predicted molar refractivity (Wildman–Crippen MR) is 95.3 cm³/mol. The molecule has 1 aromatic heterocycles. The number of carbonyl (C=O) groups is 1. The molecule has 1 fully saturated rings. The number of thioether (sulfide) groups is 1. The van der Waals surface area contributed by atoms with Gasteiger partial charge in [-0.1, -0.05) is 0 Å². The van der Waals surface area contributed by atoms with Crippen LogP contribution >= 0.6 is 11.8 Å². The Hall–Kier alpha value is -2.28. The van der Waals surface area contributed by atoms with Crippen LogP contribution in [0.15, 0.2) is 28.7 Å². The summed E-state index contributed by atoms with van der Waals surface area (Å²) in [5.74, 6) is 3.77. The normalized spacial score (nSPS) is 17.0. The molecule has 0 N–H and O–H groups in total. The van der Waals surface area contributed by atoms with E-state index in [1.54, 1.807) is 38.0 Å². The van der Waals surface area contributed by atoms with Crippen LogP contribution in [0.25, 0.3) is 0 Å². The number of methoxy groups -OCH3 is 3. The lowest BCUT2D eigenvalue weighted by atomic mass is 10.1. The number of ether oxygens (including phenoxy) is 3. The van der Waals surface area contributed by atoms with E-state index >= 15 is 0 Å². The fourth-order valence-corrected chi connectivity index (χ4v) is 4.14. The first kappa shape index (κ1) is 17.5.